The lowest BCUT2D eigenvalue weighted by atomic mass is 10.2. The molecule has 0 atom stereocenters. The average molecular weight is 517 g/mol. The van der Waals surface area contributed by atoms with Gasteiger partial charge in [-0.1, -0.05) is 15.9 Å². The van der Waals surface area contributed by atoms with Crippen molar-refractivity contribution in [1.29, 1.82) is 0 Å². The molecule has 0 spiro atoms. The molecule has 1 heterocycles. The van der Waals surface area contributed by atoms with Crippen molar-refractivity contribution in [2.45, 2.75) is 0 Å². The number of nitrogens with one attached hydrogen (secondary N) is 1. The summed E-state index contributed by atoms with van der Waals surface area (Å²) >= 11 is 10.7. The SMILES string of the molecule is COc1ccc(Br)cc1C(=O)n1c(=S)[nH]c2ccc(I)cc2c1=O. The standard InChI is InChI=1S/C16H10BrIN2O3S/c1-23-13-5-2-8(17)6-11(13)15(22)20-14(21)10-7-9(18)3-4-12(10)19-16(20)24/h2-7H,1H3,(H,19,24). The number of hydrogen-bond acceptors (Lipinski definition) is 4. The molecule has 1 aromatic heterocycles. The average Bonchev–Trinajstić information content (AvgIpc) is 2.55. The molecule has 0 radical (unpaired) electrons. The molecule has 0 aliphatic heterocycles. The second-order valence-electron chi connectivity index (χ2n) is 4.91. The molecule has 122 valence electrons. The van der Waals surface area contributed by atoms with Gasteiger partial charge < -0.3 is 9.72 Å². The summed E-state index contributed by atoms with van der Waals surface area (Å²) < 4.78 is 7.82. The highest BCUT2D eigenvalue weighted by Gasteiger charge is 2.19. The highest BCUT2D eigenvalue weighted by atomic mass is 127. The molecule has 0 bridgehead atoms. The van der Waals surface area contributed by atoms with E-state index in [4.69, 9.17) is 17.0 Å². The first kappa shape index (κ1) is 17.3. The Morgan fingerprint density at radius 3 is 2.75 bits per heavy atom. The van der Waals surface area contributed by atoms with Crippen LogP contribution in [0.3, 0.4) is 0 Å². The van der Waals surface area contributed by atoms with Crippen molar-refractivity contribution in [2.75, 3.05) is 7.11 Å². The third kappa shape index (κ3) is 3.05. The second kappa shape index (κ2) is 6.77. The minimum absolute atomic E-state index is 0.0423. The monoisotopic (exact) mass is 516 g/mol. The molecular weight excluding hydrogens is 507 g/mol. The van der Waals surface area contributed by atoms with Gasteiger partial charge in [-0.2, -0.15) is 0 Å². The number of aromatic amines is 1. The van der Waals surface area contributed by atoms with Gasteiger partial charge in [0.15, 0.2) is 4.77 Å². The van der Waals surface area contributed by atoms with Crippen LogP contribution in [-0.2, 0) is 0 Å². The van der Waals surface area contributed by atoms with Crippen LogP contribution in [0.25, 0.3) is 10.9 Å². The van der Waals surface area contributed by atoms with Gasteiger partial charge in [0.05, 0.1) is 23.6 Å². The minimum atomic E-state index is -0.542. The zero-order valence-corrected chi connectivity index (χ0v) is 16.9. The predicted octanol–water partition coefficient (Wildman–Crippen LogP) is 4.12. The summed E-state index contributed by atoms with van der Waals surface area (Å²) in [7, 11) is 1.46. The molecule has 2 aromatic carbocycles. The number of aromatic nitrogens is 2. The Labute approximate surface area is 163 Å². The number of benzene rings is 2. The molecule has 0 unspecified atom stereocenters. The molecule has 0 fully saturated rings. The smallest absolute Gasteiger partial charge is 0.270 e. The van der Waals surface area contributed by atoms with E-state index in [-0.39, 0.29) is 10.3 Å². The lowest BCUT2D eigenvalue weighted by Crippen LogP contribution is -2.29. The van der Waals surface area contributed by atoms with E-state index in [0.717, 1.165) is 8.14 Å². The number of methoxy groups -OCH3 is 1. The molecule has 24 heavy (non-hydrogen) atoms. The molecule has 8 heteroatoms. The Balaban J connectivity index is 2.30. The van der Waals surface area contributed by atoms with Crippen LogP contribution < -0.4 is 10.3 Å². The maximum Gasteiger partial charge on any atom is 0.270 e. The van der Waals surface area contributed by atoms with E-state index in [1.165, 1.54) is 7.11 Å². The molecule has 0 amide bonds. The van der Waals surface area contributed by atoms with E-state index in [0.29, 0.717) is 21.1 Å². The number of nitrogens with zero attached hydrogens (tertiary/aromatic N) is 1. The van der Waals surface area contributed by atoms with Crippen molar-refractivity contribution in [3.63, 3.8) is 0 Å². The van der Waals surface area contributed by atoms with Crippen molar-refractivity contribution in [3.05, 3.63) is 65.1 Å². The largest absolute Gasteiger partial charge is 0.496 e. The molecule has 5 nitrogen and oxygen atoms in total. The van der Waals surface area contributed by atoms with Crippen LogP contribution >= 0.6 is 50.7 Å². The topological polar surface area (TPSA) is 64.1 Å². The third-order valence-electron chi connectivity index (χ3n) is 3.45. The van der Waals surface area contributed by atoms with Gasteiger partial charge in [-0.3, -0.25) is 9.59 Å². The first-order valence-corrected chi connectivity index (χ1v) is 9.03. The molecule has 3 aromatic rings. The van der Waals surface area contributed by atoms with Gasteiger partial charge in [0.2, 0.25) is 0 Å². The summed E-state index contributed by atoms with van der Waals surface area (Å²) in [5.74, 6) is -0.174. The van der Waals surface area contributed by atoms with Gasteiger partial charge in [-0.25, -0.2) is 4.57 Å². The Morgan fingerprint density at radius 2 is 2.04 bits per heavy atom. The van der Waals surface area contributed by atoms with Gasteiger partial charge in [0.25, 0.3) is 11.5 Å². The van der Waals surface area contributed by atoms with Crippen LogP contribution in [-0.4, -0.2) is 22.6 Å². The highest BCUT2D eigenvalue weighted by Crippen LogP contribution is 2.24. The molecule has 0 saturated heterocycles. The van der Waals surface area contributed by atoms with E-state index in [1.54, 1.807) is 30.3 Å². The zero-order chi connectivity index (χ0) is 17.4. The van der Waals surface area contributed by atoms with Gasteiger partial charge in [-0.05, 0) is 71.2 Å². The Hall–Kier alpha value is -1.52. The van der Waals surface area contributed by atoms with Gasteiger partial charge >= 0.3 is 0 Å². The summed E-state index contributed by atoms with van der Waals surface area (Å²) in [4.78, 5) is 28.7. The summed E-state index contributed by atoms with van der Waals surface area (Å²) in [6, 6.07) is 10.3. The number of carbonyl (C=O) groups excluding carboxylic acids is 1. The minimum Gasteiger partial charge on any atom is -0.496 e. The maximum atomic E-state index is 12.9. The fraction of sp³-hybridized carbons (Fsp3) is 0.0625. The van der Waals surface area contributed by atoms with Gasteiger partial charge in [0, 0.05) is 8.04 Å². The van der Waals surface area contributed by atoms with E-state index in [2.05, 4.69) is 43.5 Å². The lowest BCUT2D eigenvalue weighted by molar-refractivity contribution is 0.0950. The molecule has 0 aliphatic rings. The quantitative estimate of drug-likeness (QED) is 0.411. The van der Waals surface area contributed by atoms with Crippen LogP contribution in [0.2, 0.25) is 0 Å². The number of ether oxygens (including phenoxy) is 1. The first-order chi connectivity index (χ1) is 11.4. The fourth-order valence-corrected chi connectivity index (χ4v) is 3.47. The van der Waals surface area contributed by atoms with Crippen LogP contribution in [0, 0.1) is 8.34 Å². The second-order valence-corrected chi connectivity index (χ2v) is 7.46. The maximum absolute atomic E-state index is 12.9. The number of hydrogen-bond donors (Lipinski definition) is 1. The number of fused-ring (bicyclic) bond motifs is 1. The predicted molar refractivity (Wildman–Crippen MR) is 107 cm³/mol. The van der Waals surface area contributed by atoms with Gasteiger partial charge in [-0.15, -0.1) is 0 Å². The normalized spacial score (nSPS) is 10.8. The van der Waals surface area contributed by atoms with Crippen molar-refractivity contribution >= 4 is 67.5 Å². The molecule has 3 rings (SSSR count). The van der Waals surface area contributed by atoms with Crippen LogP contribution in [0.1, 0.15) is 10.4 Å². The zero-order valence-electron chi connectivity index (χ0n) is 12.3. The van der Waals surface area contributed by atoms with Gasteiger partial charge in [0.1, 0.15) is 5.75 Å². The van der Waals surface area contributed by atoms with Crippen molar-refractivity contribution in [3.8, 4) is 5.75 Å². The number of rotatable bonds is 2. The molecule has 0 aliphatic carbocycles. The van der Waals surface area contributed by atoms with E-state index >= 15 is 0 Å². The summed E-state index contributed by atoms with van der Waals surface area (Å²) in [5.41, 5.74) is 0.383. The summed E-state index contributed by atoms with van der Waals surface area (Å²) in [6.07, 6.45) is 0. The fourth-order valence-electron chi connectivity index (χ4n) is 2.34. The van der Waals surface area contributed by atoms with E-state index in [1.807, 2.05) is 6.07 Å². The third-order valence-corrected chi connectivity index (χ3v) is 4.90. The van der Waals surface area contributed by atoms with Crippen LogP contribution in [0.5, 0.6) is 5.75 Å². The Morgan fingerprint density at radius 1 is 1.29 bits per heavy atom. The summed E-state index contributed by atoms with van der Waals surface area (Å²) in [5, 5.41) is 0.401. The number of H-pyrrole nitrogens is 1. The number of halogens is 2. The first-order valence-electron chi connectivity index (χ1n) is 6.75. The Kier molecular flexibility index (Phi) is 4.88. The highest BCUT2D eigenvalue weighted by molar-refractivity contribution is 14.1. The molecule has 1 N–H and O–H groups in total. The molecular formula is C16H10BrIN2O3S. The van der Waals surface area contributed by atoms with Crippen LogP contribution in [0.15, 0.2) is 45.7 Å². The van der Waals surface area contributed by atoms with Crippen molar-refractivity contribution in [1.82, 2.24) is 9.55 Å². The Bertz CT molecular complexity index is 1090. The number of carbonyl (C=O) groups is 1. The van der Waals surface area contributed by atoms with Crippen LogP contribution in [0.4, 0.5) is 0 Å². The van der Waals surface area contributed by atoms with E-state index in [9.17, 15) is 9.59 Å². The van der Waals surface area contributed by atoms with E-state index < -0.39 is 11.5 Å². The van der Waals surface area contributed by atoms with Crippen molar-refractivity contribution in [2.24, 2.45) is 0 Å². The lowest BCUT2D eigenvalue weighted by Gasteiger charge is -2.11. The van der Waals surface area contributed by atoms with Crippen molar-refractivity contribution < 1.29 is 9.53 Å². The molecule has 0 saturated carbocycles. The summed E-state index contributed by atoms with van der Waals surface area (Å²) in [6.45, 7) is 0.